The van der Waals surface area contributed by atoms with Gasteiger partial charge in [-0.15, -0.1) is 0 Å². The van der Waals surface area contributed by atoms with Crippen LogP contribution in [0, 0.1) is 11.3 Å². The molecule has 2 rings (SSSR count). The van der Waals surface area contributed by atoms with Gasteiger partial charge in [0.1, 0.15) is 6.07 Å². The van der Waals surface area contributed by atoms with Gasteiger partial charge in [-0.05, 0) is 6.07 Å². The number of nitriles is 1. The van der Waals surface area contributed by atoms with Crippen molar-refractivity contribution in [1.82, 2.24) is 4.98 Å². The van der Waals surface area contributed by atoms with Crippen molar-refractivity contribution in [2.24, 2.45) is 0 Å². The summed E-state index contributed by atoms with van der Waals surface area (Å²) in [6.45, 7) is 0. The number of aromatic nitrogens is 1. The molecule has 1 aromatic carbocycles. The van der Waals surface area contributed by atoms with E-state index >= 15 is 0 Å². The van der Waals surface area contributed by atoms with E-state index in [2.05, 4.69) is 16.4 Å². The van der Waals surface area contributed by atoms with E-state index in [1.807, 2.05) is 6.07 Å². The van der Waals surface area contributed by atoms with Gasteiger partial charge in [-0.2, -0.15) is 5.26 Å². The van der Waals surface area contributed by atoms with E-state index in [9.17, 15) is 0 Å². The van der Waals surface area contributed by atoms with E-state index in [1.165, 1.54) is 0 Å². The number of fused-ring (bicyclic) bond motifs is 1. The summed E-state index contributed by atoms with van der Waals surface area (Å²) in [5, 5.41) is 12.9. The molecule has 0 fully saturated rings. The third kappa shape index (κ3) is 1.78. The number of hydrogen-bond donors (Lipinski definition) is 1. The van der Waals surface area contributed by atoms with E-state index in [-0.39, 0.29) is 0 Å². The lowest BCUT2D eigenvalue weighted by Crippen LogP contribution is -1.97. The Hall–Kier alpha value is -2.48. The second-order valence-electron chi connectivity index (χ2n) is 3.63. The number of ether oxygens (including phenoxy) is 2. The highest BCUT2D eigenvalue weighted by atomic mass is 16.5. The Morgan fingerprint density at radius 2 is 1.89 bits per heavy atom. The van der Waals surface area contributed by atoms with Crippen LogP contribution >= 0.6 is 0 Å². The van der Waals surface area contributed by atoms with Gasteiger partial charge in [0.15, 0.2) is 11.5 Å². The van der Waals surface area contributed by atoms with Gasteiger partial charge in [0.25, 0.3) is 0 Å². The number of pyridine rings is 1. The minimum absolute atomic E-state index is 0.497. The Morgan fingerprint density at radius 3 is 2.44 bits per heavy atom. The Balaban J connectivity index is 2.81. The van der Waals surface area contributed by atoms with Crippen LogP contribution < -0.4 is 14.8 Å². The zero-order valence-electron chi connectivity index (χ0n) is 10.4. The third-order valence-corrected chi connectivity index (χ3v) is 2.74. The van der Waals surface area contributed by atoms with Gasteiger partial charge in [0.2, 0.25) is 0 Å². The number of nitrogens with one attached hydrogen (secondary N) is 1. The van der Waals surface area contributed by atoms with Crippen molar-refractivity contribution in [3.05, 3.63) is 23.9 Å². The van der Waals surface area contributed by atoms with Crippen molar-refractivity contribution in [1.29, 1.82) is 5.26 Å². The van der Waals surface area contributed by atoms with Gasteiger partial charge in [-0.3, -0.25) is 4.98 Å². The van der Waals surface area contributed by atoms with Crippen LogP contribution in [0.15, 0.2) is 18.3 Å². The van der Waals surface area contributed by atoms with Crippen molar-refractivity contribution in [2.45, 2.75) is 0 Å². The van der Waals surface area contributed by atoms with Crippen LogP contribution in [0.5, 0.6) is 11.5 Å². The summed E-state index contributed by atoms with van der Waals surface area (Å²) in [4.78, 5) is 4.25. The van der Waals surface area contributed by atoms with Crippen LogP contribution in [0.4, 0.5) is 5.69 Å². The Bertz CT molecular complexity index is 632. The maximum Gasteiger partial charge on any atom is 0.162 e. The molecule has 1 aromatic heterocycles. The fourth-order valence-electron chi connectivity index (χ4n) is 1.87. The maximum atomic E-state index is 9.05. The van der Waals surface area contributed by atoms with Crippen LogP contribution in [-0.4, -0.2) is 26.3 Å². The average Bonchev–Trinajstić information content (AvgIpc) is 2.44. The quantitative estimate of drug-likeness (QED) is 0.894. The maximum absolute atomic E-state index is 9.05. The molecule has 0 amide bonds. The molecule has 0 spiro atoms. The zero-order valence-corrected chi connectivity index (χ0v) is 10.4. The molecule has 0 unspecified atom stereocenters. The molecule has 0 aliphatic rings. The molecule has 0 radical (unpaired) electrons. The first kappa shape index (κ1) is 12.0. The SMILES string of the molecule is CNc1c(C#N)cnc2cc(OC)c(OC)cc12. The van der Waals surface area contributed by atoms with E-state index in [1.54, 1.807) is 33.5 Å². The molecule has 2 aromatic rings. The highest BCUT2D eigenvalue weighted by molar-refractivity contribution is 5.95. The summed E-state index contributed by atoms with van der Waals surface area (Å²) in [6.07, 6.45) is 1.54. The molecule has 0 saturated carbocycles. The van der Waals surface area contributed by atoms with Gasteiger partial charge >= 0.3 is 0 Å². The Labute approximate surface area is 105 Å². The molecule has 0 saturated heterocycles. The number of anilines is 1. The highest BCUT2D eigenvalue weighted by Gasteiger charge is 2.12. The number of hydrogen-bond acceptors (Lipinski definition) is 5. The van der Waals surface area contributed by atoms with Gasteiger partial charge in [0, 0.05) is 24.7 Å². The first-order valence-corrected chi connectivity index (χ1v) is 5.37. The predicted molar refractivity (Wildman–Crippen MR) is 69.1 cm³/mol. The molecule has 18 heavy (non-hydrogen) atoms. The molecule has 5 heteroatoms. The van der Waals surface area contributed by atoms with Crippen molar-refractivity contribution in [3.63, 3.8) is 0 Å². The summed E-state index contributed by atoms with van der Waals surface area (Å²) in [5.74, 6) is 1.22. The van der Waals surface area contributed by atoms with Gasteiger partial charge < -0.3 is 14.8 Å². The summed E-state index contributed by atoms with van der Waals surface area (Å²) in [6, 6.07) is 5.71. The van der Waals surface area contributed by atoms with Crippen LogP contribution in [0.2, 0.25) is 0 Å². The van der Waals surface area contributed by atoms with Gasteiger partial charge in [-0.25, -0.2) is 0 Å². The molecule has 5 nitrogen and oxygen atoms in total. The standard InChI is InChI=1S/C13H13N3O2/c1-15-13-8(6-14)7-16-10-5-12(18-3)11(17-2)4-9(10)13/h4-5,7H,1-3H3,(H,15,16). The smallest absolute Gasteiger partial charge is 0.162 e. The second kappa shape index (κ2) is 4.80. The fraction of sp³-hybridized carbons (Fsp3) is 0.231. The Morgan fingerprint density at radius 1 is 1.22 bits per heavy atom. The van der Waals surface area contributed by atoms with Crippen LogP contribution in [-0.2, 0) is 0 Å². The molecule has 92 valence electrons. The summed E-state index contributed by atoms with van der Waals surface area (Å²) >= 11 is 0. The molecule has 0 aliphatic heterocycles. The second-order valence-corrected chi connectivity index (χ2v) is 3.63. The summed E-state index contributed by atoms with van der Waals surface area (Å²) < 4.78 is 10.5. The Kier molecular flexibility index (Phi) is 3.20. The molecule has 0 bridgehead atoms. The normalized spacial score (nSPS) is 9.89. The molecular weight excluding hydrogens is 230 g/mol. The van der Waals surface area contributed by atoms with Crippen molar-refractivity contribution < 1.29 is 9.47 Å². The first-order valence-electron chi connectivity index (χ1n) is 5.37. The predicted octanol–water partition coefficient (Wildman–Crippen LogP) is 2.17. The van der Waals surface area contributed by atoms with Crippen molar-refractivity contribution in [2.75, 3.05) is 26.6 Å². The minimum atomic E-state index is 0.497. The van der Waals surface area contributed by atoms with Crippen LogP contribution in [0.1, 0.15) is 5.56 Å². The third-order valence-electron chi connectivity index (χ3n) is 2.74. The number of rotatable bonds is 3. The zero-order chi connectivity index (χ0) is 13.1. The molecule has 1 heterocycles. The van der Waals surface area contributed by atoms with Crippen LogP contribution in [0.3, 0.4) is 0 Å². The van der Waals surface area contributed by atoms with Crippen molar-refractivity contribution in [3.8, 4) is 17.6 Å². The van der Waals surface area contributed by atoms with Gasteiger partial charge in [0.05, 0.1) is 31.0 Å². The van der Waals surface area contributed by atoms with Crippen LogP contribution in [0.25, 0.3) is 10.9 Å². The van der Waals surface area contributed by atoms with E-state index in [0.29, 0.717) is 17.1 Å². The number of nitrogens with zero attached hydrogens (tertiary/aromatic N) is 2. The summed E-state index contributed by atoms with van der Waals surface area (Å²) in [5.41, 5.74) is 1.98. The lowest BCUT2D eigenvalue weighted by atomic mass is 10.1. The summed E-state index contributed by atoms with van der Waals surface area (Å²) in [7, 11) is 4.92. The topological polar surface area (TPSA) is 67.2 Å². The largest absolute Gasteiger partial charge is 0.493 e. The monoisotopic (exact) mass is 243 g/mol. The lowest BCUT2D eigenvalue weighted by Gasteiger charge is -2.12. The van der Waals surface area contributed by atoms with E-state index in [0.717, 1.165) is 16.6 Å². The molecule has 0 aliphatic carbocycles. The van der Waals surface area contributed by atoms with Crippen molar-refractivity contribution >= 4 is 16.6 Å². The molecule has 1 N–H and O–H groups in total. The van der Waals surface area contributed by atoms with E-state index in [4.69, 9.17) is 14.7 Å². The minimum Gasteiger partial charge on any atom is -0.493 e. The lowest BCUT2D eigenvalue weighted by molar-refractivity contribution is 0.356. The number of methoxy groups -OCH3 is 2. The molecule has 0 atom stereocenters. The number of benzene rings is 1. The average molecular weight is 243 g/mol. The van der Waals surface area contributed by atoms with Gasteiger partial charge in [-0.1, -0.05) is 0 Å². The molecular formula is C13H13N3O2. The first-order chi connectivity index (χ1) is 8.74. The fourth-order valence-corrected chi connectivity index (χ4v) is 1.87. The highest BCUT2D eigenvalue weighted by Crippen LogP contribution is 2.35. The van der Waals surface area contributed by atoms with E-state index < -0.39 is 0 Å².